The summed E-state index contributed by atoms with van der Waals surface area (Å²) < 4.78 is 10.2. The van der Waals surface area contributed by atoms with Gasteiger partial charge in [0.05, 0.1) is 0 Å². The lowest BCUT2D eigenvalue weighted by atomic mass is 10.1. The number of carbonyl (C=O) groups excluding carboxylic acids is 2. The first kappa shape index (κ1) is 14.0. The third-order valence-corrected chi connectivity index (χ3v) is 2.82. The molecule has 1 aliphatic heterocycles. The van der Waals surface area contributed by atoms with Crippen LogP contribution in [0.3, 0.4) is 0 Å². The van der Waals surface area contributed by atoms with Gasteiger partial charge in [0.1, 0.15) is 12.7 Å². The Morgan fingerprint density at radius 2 is 1.41 bits per heavy atom. The summed E-state index contributed by atoms with van der Waals surface area (Å²) in [6.45, 7) is 1.92. The number of esters is 2. The van der Waals surface area contributed by atoms with Crippen molar-refractivity contribution in [1.29, 1.82) is 0 Å². The molecule has 0 aromatic rings. The van der Waals surface area contributed by atoms with Crippen LogP contribution < -0.4 is 0 Å². The molecule has 4 nitrogen and oxygen atoms in total. The molecular weight excluding hydrogens is 220 g/mol. The Morgan fingerprint density at radius 3 is 2.06 bits per heavy atom. The van der Waals surface area contributed by atoms with E-state index in [1.165, 1.54) is 0 Å². The molecule has 0 amide bonds. The highest BCUT2D eigenvalue weighted by atomic mass is 16.6. The van der Waals surface area contributed by atoms with Gasteiger partial charge in [-0.1, -0.05) is 25.7 Å². The highest BCUT2D eigenvalue weighted by molar-refractivity contribution is 5.70. The van der Waals surface area contributed by atoms with E-state index in [9.17, 15) is 9.59 Å². The topological polar surface area (TPSA) is 52.6 Å². The van der Waals surface area contributed by atoms with E-state index in [1.54, 1.807) is 6.92 Å². The van der Waals surface area contributed by atoms with Crippen LogP contribution >= 0.6 is 0 Å². The maximum atomic E-state index is 11.4. The van der Waals surface area contributed by atoms with Crippen molar-refractivity contribution in [3.05, 3.63) is 0 Å². The fourth-order valence-corrected chi connectivity index (χ4v) is 1.85. The van der Waals surface area contributed by atoms with Crippen molar-refractivity contribution in [3.63, 3.8) is 0 Å². The predicted molar refractivity (Wildman–Crippen MR) is 63.4 cm³/mol. The zero-order chi connectivity index (χ0) is 12.5. The van der Waals surface area contributed by atoms with Gasteiger partial charge in [0.15, 0.2) is 0 Å². The number of hydrogen-bond acceptors (Lipinski definition) is 4. The van der Waals surface area contributed by atoms with Gasteiger partial charge in [0, 0.05) is 12.8 Å². The third kappa shape index (κ3) is 6.97. The number of ether oxygens (including phenoxy) is 2. The molecule has 0 aromatic carbocycles. The first-order chi connectivity index (χ1) is 8.18. The Labute approximate surface area is 103 Å². The van der Waals surface area contributed by atoms with Crippen molar-refractivity contribution in [2.75, 3.05) is 6.61 Å². The Kier molecular flexibility index (Phi) is 6.67. The van der Waals surface area contributed by atoms with Gasteiger partial charge in [-0.2, -0.15) is 0 Å². The smallest absolute Gasteiger partial charge is 0.306 e. The molecule has 98 valence electrons. The van der Waals surface area contributed by atoms with Gasteiger partial charge in [-0.15, -0.1) is 0 Å². The second-order valence-corrected chi connectivity index (χ2v) is 4.60. The average Bonchev–Trinajstić information content (AvgIpc) is 2.29. The van der Waals surface area contributed by atoms with E-state index in [-0.39, 0.29) is 24.6 Å². The molecule has 1 fully saturated rings. The van der Waals surface area contributed by atoms with E-state index in [0.717, 1.165) is 38.5 Å². The first-order valence-corrected chi connectivity index (χ1v) is 6.53. The molecule has 1 heterocycles. The van der Waals surface area contributed by atoms with Crippen LogP contribution in [-0.4, -0.2) is 24.6 Å². The fraction of sp³-hybridized carbons (Fsp3) is 0.846. The molecule has 0 aromatic heterocycles. The number of carbonyl (C=O) groups is 2. The van der Waals surface area contributed by atoms with Crippen molar-refractivity contribution in [2.45, 2.75) is 64.4 Å². The van der Waals surface area contributed by atoms with Crippen molar-refractivity contribution in [3.8, 4) is 0 Å². The lowest BCUT2D eigenvalue weighted by Crippen LogP contribution is -2.22. The average molecular weight is 242 g/mol. The highest BCUT2D eigenvalue weighted by Gasteiger charge is 2.12. The summed E-state index contributed by atoms with van der Waals surface area (Å²) in [5.41, 5.74) is 0. The molecule has 4 heteroatoms. The van der Waals surface area contributed by atoms with Gasteiger partial charge < -0.3 is 9.47 Å². The fourth-order valence-electron chi connectivity index (χ4n) is 1.85. The van der Waals surface area contributed by atoms with Gasteiger partial charge in [-0.05, 0) is 19.8 Å². The van der Waals surface area contributed by atoms with Crippen molar-refractivity contribution in [2.24, 2.45) is 0 Å². The van der Waals surface area contributed by atoms with Crippen molar-refractivity contribution >= 4 is 11.9 Å². The Morgan fingerprint density at radius 1 is 0.882 bits per heavy atom. The zero-order valence-electron chi connectivity index (χ0n) is 10.6. The monoisotopic (exact) mass is 242 g/mol. The second kappa shape index (κ2) is 8.09. The molecule has 1 saturated heterocycles. The summed E-state index contributed by atoms with van der Waals surface area (Å²) in [6.07, 6.45) is 6.77. The van der Waals surface area contributed by atoms with Gasteiger partial charge in [0.2, 0.25) is 0 Å². The van der Waals surface area contributed by atoms with Crippen LogP contribution in [0.5, 0.6) is 0 Å². The van der Waals surface area contributed by atoms with Gasteiger partial charge in [-0.25, -0.2) is 0 Å². The number of hydrogen-bond donors (Lipinski definition) is 0. The Balaban J connectivity index is 2.35. The number of cyclic esters (lactones) is 2. The molecule has 0 bridgehead atoms. The van der Waals surface area contributed by atoms with Crippen LogP contribution in [-0.2, 0) is 19.1 Å². The van der Waals surface area contributed by atoms with Gasteiger partial charge >= 0.3 is 11.9 Å². The first-order valence-electron chi connectivity index (χ1n) is 6.53. The lowest BCUT2D eigenvalue weighted by molar-refractivity contribution is -0.158. The largest absolute Gasteiger partial charge is 0.462 e. The summed E-state index contributed by atoms with van der Waals surface area (Å²) in [7, 11) is 0. The van der Waals surface area contributed by atoms with Crippen LogP contribution in [0, 0.1) is 0 Å². The molecule has 17 heavy (non-hydrogen) atoms. The van der Waals surface area contributed by atoms with Crippen LogP contribution in [0.15, 0.2) is 0 Å². The van der Waals surface area contributed by atoms with E-state index in [0.29, 0.717) is 12.8 Å². The quantitative estimate of drug-likeness (QED) is 0.613. The van der Waals surface area contributed by atoms with Gasteiger partial charge in [0.25, 0.3) is 0 Å². The van der Waals surface area contributed by atoms with Crippen molar-refractivity contribution < 1.29 is 19.1 Å². The maximum Gasteiger partial charge on any atom is 0.306 e. The summed E-state index contributed by atoms with van der Waals surface area (Å²) >= 11 is 0. The molecule has 0 radical (unpaired) electrons. The molecule has 0 aliphatic carbocycles. The molecule has 0 saturated carbocycles. The van der Waals surface area contributed by atoms with E-state index < -0.39 is 0 Å². The third-order valence-electron chi connectivity index (χ3n) is 2.82. The molecule has 1 atom stereocenters. The minimum absolute atomic E-state index is 0.171. The van der Waals surface area contributed by atoms with Crippen LogP contribution in [0.2, 0.25) is 0 Å². The summed E-state index contributed by atoms with van der Waals surface area (Å²) in [4.78, 5) is 22.7. The van der Waals surface area contributed by atoms with Crippen LogP contribution in [0.1, 0.15) is 58.3 Å². The Hall–Kier alpha value is -1.06. The van der Waals surface area contributed by atoms with Crippen LogP contribution in [0.4, 0.5) is 0 Å². The molecule has 0 N–H and O–H groups in total. The standard InChI is InChI=1S/C13H22O4/c1-11-10-16-12(14)8-6-4-2-3-5-7-9-13(15)17-11/h11H,2-10H2,1H3. The second-order valence-electron chi connectivity index (χ2n) is 4.60. The van der Waals surface area contributed by atoms with Gasteiger partial charge in [-0.3, -0.25) is 9.59 Å². The predicted octanol–water partition coefficient (Wildman–Crippen LogP) is 2.60. The van der Waals surface area contributed by atoms with Crippen molar-refractivity contribution in [1.82, 2.24) is 0 Å². The van der Waals surface area contributed by atoms with E-state index in [4.69, 9.17) is 9.47 Å². The lowest BCUT2D eigenvalue weighted by Gasteiger charge is -2.14. The van der Waals surface area contributed by atoms with E-state index in [2.05, 4.69) is 0 Å². The van der Waals surface area contributed by atoms with E-state index in [1.807, 2.05) is 0 Å². The minimum Gasteiger partial charge on any atom is -0.462 e. The SMILES string of the molecule is CC1COC(=O)CCCCCCCCC(=O)O1. The molecule has 1 unspecified atom stereocenters. The Bertz CT molecular complexity index is 250. The molecule has 1 rings (SSSR count). The highest BCUT2D eigenvalue weighted by Crippen LogP contribution is 2.11. The summed E-state index contributed by atoms with van der Waals surface area (Å²) in [5.74, 6) is -0.379. The molecular formula is C13H22O4. The van der Waals surface area contributed by atoms with Crippen LogP contribution in [0.25, 0.3) is 0 Å². The summed E-state index contributed by atoms with van der Waals surface area (Å²) in [6, 6.07) is 0. The van der Waals surface area contributed by atoms with E-state index >= 15 is 0 Å². The minimum atomic E-state index is -0.339. The molecule has 1 aliphatic rings. The maximum absolute atomic E-state index is 11.4. The molecule has 0 spiro atoms. The number of rotatable bonds is 0. The normalized spacial score (nSPS) is 25.6. The summed E-state index contributed by atoms with van der Waals surface area (Å²) in [5, 5.41) is 0. The zero-order valence-corrected chi connectivity index (χ0v) is 10.6.